The monoisotopic (exact) mass is 477 g/mol. The normalized spacial score (nSPS) is 12.0. The van der Waals surface area contributed by atoms with Crippen LogP contribution in [0.2, 0.25) is 0 Å². The zero-order chi connectivity index (χ0) is 24.7. The standard InChI is InChI=1S/C28H33N2O3P/c1-20(2)24-16-11-17-25(21(3)4)28(24)29-27(31)19-30(34(32)33)18-26(22-12-7-5-8-13-22)23-14-9-6-10-15-23/h5-17,20-21,26H,18-19H2,1-4H3,(H-,29,31,32,33)/p+1. The van der Waals surface area contributed by atoms with Crippen molar-refractivity contribution in [3.63, 3.8) is 0 Å². The molecule has 2 N–H and O–H groups in total. The second kappa shape index (κ2) is 12.0. The molecule has 0 aliphatic rings. The fraction of sp³-hybridized carbons (Fsp3) is 0.321. The average molecular weight is 478 g/mol. The molecule has 0 aromatic heterocycles. The Morgan fingerprint density at radius 3 is 1.71 bits per heavy atom. The van der Waals surface area contributed by atoms with E-state index in [2.05, 4.69) is 33.0 Å². The van der Waals surface area contributed by atoms with Crippen LogP contribution in [-0.2, 0) is 9.36 Å². The fourth-order valence-corrected chi connectivity index (χ4v) is 4.77. The first kappa shape index (κ1) is 25.8. The molecule has 3 aromatic carbocycles. The van der Waals surface area contributed by atoms with E-state index in [-0.39, 0.29) is 36.8 Å². The molecule has 178 valence electrons. The van der Waals surface area contributed by atoms with Crippen LogP contribution in [0.5, 0.6) is 0 Å². The van der Waals surface area contributed by atoms with E-state index in [1.165, 1.54) is 4.67 Å². The van der Waals surface area contributed by atoms with Crippen molar-refractivity contribution in [2.45, 2.75) is 45.4 Å². The minimum atomic E-state index is -2.70. The number of nitrogens with zero attached hydrogens (tertiary/aromatic N) is 1. The number of para-hydroxylation sites is 1. The summed E-state index contributed by atoms with van der Waals surface area (Å²) in [6.45, 7) is 8.45. The van der Waals surface area contributed by atoms with Crippen molar-refractivity contribution in [1.82, 2.24) is 4.67 Å². The molecule has 0 radical (unpaired) electrons. The Balaban J connectivity index is 1.85. The number of hydrogen-bond acceptors (Lipinski definition) is 2. The van der Waals surface area contributed by atoms with Crippen molar-refractivity contribution in [2.75, 3.05) is 18.4 Å². The first-order valence-corrected chi connectivity index (χ1v) is 12.9. The van der Waals surface area contributed by atoms with Gasteiger partial charge in [0.05, 0.1) is 6.54 Å². The largest absolute Gasteiger partial charge is 0.613 e. The maximum Gasteiger partial charge on any atom is 0.613 e. The maximum absolute atomic E-state index is 13.1. The summed E-state index contributed by atoms with van der Waals surface area (Å²) in [5, 5.41) is 3.06. The zero-order valence-corrected chi connectivity index (χ0v) is 21.2. The van der Waals surface area contributed by atoms with Gasteiger partial charge in [-0.25, -0.2) is 0 Å². The fourth-order valence-electron chi connectivity index (χ4n) is 4.22. The Labute approximate surface area is 203 Å². The number of carbonyl (C=O) groups excluding carboxylic acids is 1. The number of hydrogen-bond donors (Lipinski definition) is 2. The lowest BCUT2D eigenvalue weighted by atomic mass is 9.91. The van der Waals surface area contributed by atoms with E-state index in [1.807, 2.05) is 78.9 Å². The summed E-state index contributed by atoms with van der Waals surface area (Å²) in [6, 6.07) is 25.8. The molecule has 34 heavy (non-hydrogen) atoms. The molecule has 0 heterocycles. The number of nitrogens with one attached hydrogen (secondary N) is 1. The lowest BCUT2D eigenvalue weighted by Gasteiger charge is -2.22. The third kappa shape index (κ3) is 6.60. The summed E-state index contributed by atoms with van der Waals surface area (Å²) >= 11 is 0. The van der Waals surface area contributed by atoms with Gasteiger partial charge in [0.25, 0.3) is 0 Å². The van der Waals surface area contributed by atoms with E-state index in [1.54, 1.807) is 0 Å². The van der Waals surface area contributed by atoms with Gasteiger partial charge in [0.2, 0.25) is 5.91 Å². The van der Waals surface area contributed by atoms with Crippen LogP contribution in [-0.4, -0.2) is 28.6 Å². The SMILES string of the molecule is CC(C)c1cccc(C(C)C)c1NC(=O)CN(CC(c1ccccc1)c1ccccc1)[P+](=O)O. The number of rotatable bonds is 10. The third-order valence-electron chi connectivity index (χ3n) is 6.00. The Morgan fingerprint density at radius 2 is 1.29 bits per heavy atom. The molecule has 0 saturated carbocycles. The van der Waals surface area contributed by atoms with E-state index in [0.717, 1.165) is 27.9 Å². The van der Waals surface area contributed by atoms with E-state index < -0.39 is 8.18 Å². The first-order chi connectivity index (χ1) is 16.3. The lowest BCUT2D eigenvalue weighted by molar-refractivity contribution is -0.116. The molecule has 0 fully saturated rings. The van der Waals surface area contributed by atoms with Crippen LogP contribution in [0.25, 0.3) is 0 Å². The summed E-state index contributed by atoms with van der Waals surface area (Å²) in [7, 11) is -2.70. The molecule has 0 saturated heterocycles. The summed E-state index contributed by atoms with van der Waals surface area (Å²) in [6.07, 6.45) is 0. The van der Waals surface area contributed by atoms with Gasteiger partial charge in [-0.15, -0.1) is 4.89 Å². The smallest absolute Gasteiger partial charge is 0.324 e. The van der Waals surface area contributed by atoms with E-state index in [9.17, 15) is 14.3 Å². The molecule has 0 aliphatic carbocycles. The van der Waals surface area contributed by atoms with Crippen LogP contribution in [0.15, 0.2) is 78.9 Å². The van der Waals surface area contributed by atoms with Crippen molar-refractivity contribution in [3.05, 3.63) is 101 Å². The van der Waals surface area contributed by atoms with Crippen molar-refractivity contribution in [3.8, 4) is 0 Å². The summed E-state index contributed by atoms with van der Waals surface area (Å²) < 4.78 is 13.7. The van der Waals surface area contributed by atoms with E-state index in [4.69, 9.17) is 0 Å². The molecule has 3 aromatic rings. The highest BCUT2D eigenvalue weighted by atomic mass is 31.1. The molecule has 1 unspecified atom stereocenters. The highest BCUT2D eigenvalue weighted by molar-refractivity contribution is 7.35. The predicted octanol–water partition coefficient (Wildman–Crippen LogP) is 6.66. The van der Waals surface area contributed by atoms with Crippen LogP contribution < -0.4 is 5.32 Å². The molecular weight excluding hydrogens is 443 g/mol. The second-order valence-corrected chi connectivity index (χ2v) is 10.2. The van der Waals surface area contributed by atoms with Crippen molar-refractivity contribution >= 4 is 19.8 Å². The van der Waals surface area contributed by atoms with Crippen molar-refractivity contribution in [1.29, 1.82) is 0 Å². The minimum absolute atomic E-state index is 0.143. The molecular formula is C28H34N2O3P+. The summed E-state index contributed by atoms with van der Waals surface area (Å²) in [5.74, 6) is 0.0305. The van der Waals surface area contributed by atoms with Gasteiger partial charge in [0.15, 0.2) is 0 Å². The molecule has 0 aliphatic heterocycles. The third-order valence-corrected chi connectivity index (χ3v) is 6.79. The van der Waals surface area contributed by atoms with Gasteiger partial charge < -0.3 is 5.32 Å². The topological polar surface area (TPSA) is 69.6 Å². The number of benzene rings is 3. The minimum Gasteiger partial charge on any atom is -0.324 e. The van der Waals surface area contributed by atoms with E-state index >= 15 is 0 Å². The quantitative estimate of drug-likeness (QED) is 0.321. The Kier molecular flexibility index (Phi) is 9.12. The zero-order valence-electron chi connectivity index (χ0n) is 20.3. The van der Waals surface area contributed by atoms with Gasteiger partial charge in [-0.1, -0.05) is 111 Å². The van der Waals surface area contributed by atoms with Crippen LogP contribution in [0, 0.1) is 0 Å². The summed E-state index contributed by atoms with van der Waals surface area (Å²) in [4.78, 5) is 23.2. The molecule has 0 spiro atoms. The maximum atomic E-state index is 13.1. The Morgan fingerprint density at radius 1 is 0.824 bits per heavy atom. The first-order valence-electron chi connectivity index (χ1n) is 11.7. The number of amides is 1. The lowest BCUT2D eigenvalue weighted by Crippen LogP contribution is -2.32. The van der Waals surface area contributed by atoms with Crippen LogP contribution >= 0.6 is 8.18 Å². The van der Waals surface area contributed by atoms with Gasteiger partial charge in [-0.2, -0.15) is 0 Å². The molecule has 1 amide bonds. The van der Waals surface area contributed by atoms with Gasteiger partial charge >= 0.3 is 8.18 Å². The van der Waals surface area contributed by atoms with Gasteiger partial charge in [0, 0.05) is 11.6 Å². The molecule has 0 bridgehead atoms. The van der Waals surface area contributed by atoms with Crippen LogP contribution in [0.3, 0.4) is 0 Å². The molecule has 3 rings (SSSR count). The second-order valence-electron chi connectivity index (χ2n) is 9.14. The van der Waals surface area contributed by atoms with E-state index in [0.29, 0.717) is 0 Å². The summed E-state index contributed by atoms with van der Waals surface area (Å²) in [5.41, 5.74) is 5.00. The number of carbonyl (C=O) groups is 1. The Bertz CT molecular complexity index is 1040. The highest BCUT2D eigenvalue weighted by Gasteiger charge is 2.33. The molecule has 1 atom stereocenters. The van der Waals surface area contributed by atoms with Crippen LogP contribution in [0.4, 0.5) is 5.69 Å². The van der Waals surface area contributed by atoms with Gasteiger partial charge in [-0.05, 0) is 38.7 Å². The van der Waals surface area contributed by atoms with Crippen molar-refractivity contribution < 1.29 is 14.3 Å². The Hall–Kier alpha value is -2.85. The average Bonchev–Trinajstić information content (AvgIpc) is 2.82. The highest BCUT2D eigenvalue weighted by Crippen LogP contribution is 2.34. The van der Waals surface area contributed by atoms with Gasteiger partial charge in [0.1, 0.15) is 6.54 Å². The van der Waals surface area contributed by atoms with Crippen molar-refractivity contribution in [2.24, 2.45) is 0 Å². The predicted molar refractivity (Wildman–Crippen MR) is 139 cm³/mol. The number of anilines is 1. The van der Waals surface area contributed by atoms with Crippen LogP contribution in [0.1, 0.15) is 67.7 Å². The molecule has 5 nitrogen and oxygen atoms in total. The van der Waals surface area contributed by atoms with Gasteiger partial charge in [-0.3, -0.25) is 4.79 Å². The molecule has 6 heteroatoms.